The molecule has 5 unspecified atom stereocenters. The Morgan fingerprint density at radius 1 is 1.11 bits per heavy atom. The molecule has 18 heavy (non-hydrogen) atoms. The maximum Gasteiger partial charge on any atom is 0.123 e. The number of halogens is 1. The lowest BCUT2D eigenvalue weighted by Gasteiger charge is -2.15. The van der Waals surface area contributed by atoms with Crippen molar-refractivity contribution < 1.29 is 9.50 Å². The highest BCUT2D eigenvalue weighted by molar-refractivity contribution is 5.20. The maximum absolute atomic E-state index is 12.8. The van der Waals surface area contributed by atoms with Gasteiger partial charge in [-0.3, -0.25) is 0 Å². The van der Waals surface area contributed by atoms with E-state index in [1.54, 1.807) is 12.1 Å². The lowest BCUT2D eigenvalue weighted by Crippen LogP contribution is -2.18. The normalized spacial score (nSPS) is 41.8. The van der Waals surface area contributed by atoms with Crippen LogP contribution in [0.25, 0.3) is 0 Å². The minimum Gasteiger partial charge on any atom is -0.392 e. The van der Waals surface area contributed by atoms with Crippen molar-refractivity contribution in [3.63, 3.8) is 0 Å². The number of fused-ring (bicyclic) bond motifs is 5. The Morgan fingerprint density at radius 3 is 2.33 bits per heavy atom. The van der Waals surface area contributed by atoms with Gasteiger partial charge in [0.25, 0.3) is 0 Å². The van der Waals surface area contributed by atoms with Crippen LogP contribution < -0.4 is 0 Å². The van der Waals surface area contributed by atoms with Gasteiger partial charge >= 0.3 is 0 Å². The predicted octanol–water partition coefficient (Wildman–Crippen LogP) is 3.02. The number of aliphatic hydroxyl groups is 1. The lowest BCUT2D eigenvalue weighted by atomic mass is 9.95. The molecule has 2 bridgehead atoms. The highest BCUT2D eigenvalue weighted by atomic mass is 19.1. The van der Waals surface area contributed by atoms with E-state index in [9.17, 15) is 9.50 Å². The summed E-state index contributed by atoms with van der Waals surface area (Å²) >= 11 is 0. The molecule has 3 fully saturated rings. The van der Waals surface area contributed by atoms with Crippen molar-refractivity contribution in [2.24, 2.45) is 29.6 Å². The number of rotatable bonds is 3. The summed E-state index contributed by atoms with van der Waals surface area (Å²) in [4.78, 5) is 0. The Bertz CT molecular complexity index is 439. The van der Waals surface area contributed by atoms with Crippen LogP contribution in [0, 0.1) is 35.4 Å². The molecule has 4 rings (SSSR count). The average Bonchev–Trinajstić information content (AvgIpc) is 2.82. The molecule has 1 aromatic carbocycles. The molecule has 5 atom stereocenters. The van der Waals surface area contributed by atoms with Crippen molar-refractivity contribution in [1.82, 2.24) is 0 Å². The highest BCUT2D eigenvalue weighted by Crippen LogP contribution is 2.70. The van der Waals surface area contributed by atoms with Crippen LogP contribution in [0.2, 0.25) is 0 Å². The van der Waals surface area contributed by atoms with E-state index in [-0.39, 0.29) is 11.9 Å². The molecule has 0 heterocycles. The van der Waals surface area contributed by atoms with Crippen LogP contribution in [0.5, 0.6) is 0 Å². The molecular formula is C16H19FO. The van der Waals surface area contributed by atoms with E-state index < -0.39 is 0 Å². The van der Waals surface area contributed by atoms with Gasteiger partial charge in [0.05, 0.1) is 6.10 Å². The second-order valence-electron chi connectivity index (χ2n) is 6.46. The molecule has 0 aromatic heterocycles. The van der Waals surface area contributed by atoms with Crippen LogP contribution >= 0.6 is 0 Å². The van der Waals surface area contributed by atoms with Crippen LogP contribution in [0.1, 0.15) is 24.8 Å². The SMILES string of the molecule is OC(Cc1ccc(F)cc1)C1C2C3CCC(C3)C12. The van der Waals surface area contributed by atoms with E-state index in [1.165, 1.54) is 31.4 Å². The number of hydrogen-bond acceptors (Lipinski definition) is 1. The van der Waals surface area contributed by atoms with Crippen LogP contribution in [0.15, 0.2) is 24.3 Å². The molecule has 1 N–H and O–H groups in total. The summed E-state index contributed by atoms with van der Waals surface area (Å²) in [6, 6.07) is 6.57. The summed E-state index contributed by atoms with van der Waals surface area (Å²) in [5.41, 5.74) is 1.06. The molecule has 0 amide bonds. The van der Waals surface area contributed by atoms with E-state index in [0.717, 1.165) is 29.2 Å². The van der Waals surface area contributed by atoms with E-state index in [2.05, 4.69) is 0 Å². The fraction of sp³-hybridized carbons (Fsp3) is 0.625. The molecule has 0 spiro atoms. The first-order chi connectivity index (χ1) is 8.74. The number of benzene rings is 1. The van der Waals surface area contributed by atoms with Crippen molar-refractivity contribution in [1.29, 1.82) is 0 Å². The topological polar surface area (TPSA) is 20.2 Å². The molecule has 3 saturated carbocycles. The number of hydrogen-bond donors (Lipinski definition) is 1. The van der Waals surface area contributed by atoms with Crippen LogP contribution in [-0.4, -0.2) is 11.2 Å². The first-order valence-electron chi connectivity index (χ1n) is 7.16. The molecule has 96 valence electrons. The first-order valence-corrected chi connectivity index (χ1v) is 7.16. The Balaban J connectivity index is 1.43. The third kappa shape index (κ3) is 1.55. The first kappa shape index (κ1) is 11.0. The quantitative estimate of drug-likeness (QED) is 0.869. The standard InChI is InChI=1S/C16H19FO/c17-12-5-1-9(2-6-12)7-13(18)16-14-10-3-4-11(8-10)15(14)16/h1-2,5-6,10-11,13-16,18H,3-4,7-8H2. The smallest absolute Gasteiger partial charge is 0.123 e. The molecule has 2 heteroatoms. The van der Waals surface area contributed by atoms with Crippen molar-refractivity contribution in [2.75, 3.05) is 0 Å². The van der Waals surface area contributed by atoms with Crippen LogP contribution in [0.3, 0.4) is 0 Å². The highest BCUT2D eigenvalue weighted by Gasteiger charge is 2.66. The molecule has 0 radical (unpaired) electrons. The molecule has 0 saturated heterocycles. The van der Waals surface area contributed by atoms with E-state index in [0.29, 0.717) is 12.3 Å². The minimum atomic E-state index is -0.214. The molecule has 1 nitrogen and oxygen atoms in total. The Morgan fingerprint density at radius 2 is 1.72 bits per heavy atom. The van der Waals surface area contributed by atoms with E-state index in [4.69, 9.17) is 0 Å². The fourth-order valence-corrected chi connectivity index (χ4v) is 4.90. The number of aliphatic hydroxyl groups excluding tert-OH is 1. The molecule has 3 aliphatic carbocycles. The summed E-state index contributed by atoms with van der Waals surface area (Å²) < 4.78 is 12.8. The van der Waals surface area contributed by atoms with Gasteiger partial charge in [0.1, 0.15) is 5.82 Å². The van der Waals surface area contributed by atoms with Gasteiger partial charge in [-0.2, -0.15) is 0 Å². The lowest BCUT2D eigenvalue weighted by molar-refractivity contribution is 0.128. The molecule has 0 aliphatic heterocycles. The fourth-order valence-electron chi connectivity index (χ4n) is 4.90. The largest absolute Gasteiger partial charge is 0.392 e. The third-order valence-corrected chi connectivity index (χ3v) is 5.60. The monoisotopic (exact) mass is 246 g/mol. The van der Waals surface area contributed by atoms with Gasteiger partial charge in [-0.05, 0) is 73.0 Å². The summed E-state index contributed by atoms with van der Waals surface area (Å²) in [5, 5.41) is 10.4. The van der Waals surface area contributed by atoms with Gasteiger partial charge in [0.2, 0.25) is 0 Å². The van der Waals surface area contributed by atoms with Crippen LogP contribution in [0.4, 0.5) is 4.39 Å². The van der Waals surface area contributed by atoms with E-state index >= 15 is 0 Å². The van der Waals surface area contributed by atoms with Gasteiger partial charge < -0.3 is 5.11 Å². The zero-order valence-corrected chi connectivity index (χ0v) is 10.4. The Labute approximate surface area is 107 Å². The summed E-state index contributed by atoms with van der Waals surface area (Å²) in [5.74, 6) is 3.80. The zero-order valence-electron chi connectivity index (χ0n) is 10.4. The van der Waals surface area contributed by atoms with Gasteiger partial charge in [0, 0.05) is 0 Å². The zero-order chi connectivity index (χ0) is 12.3. The summed E-state index contributed by atoms with van der Waals surface area (Å²) in [6.07, 6.45) is 4.69. The molecular weight excluding hydrogens is 227 g/mol. The molecule has 3 aliphatic rings. The molecule has 1 aromatic rings. The second-order valence-corrected chi connectivity index (χ2v) is 6.46. The predicted molar refractivity (Wildman–Crippen MR) is 67.4 cm³/mol. The van der Waals surface area contributed by atoms with Gasteiger partial charge in [-0.25, -0.2) is 4.39 Å². The van der Waals surface area contributed by atoms with Crippen molar-refractivity contribution >= 4 is 0 Å². The van der Waals surface area contributed by atoms with Gasteiger partial charge in [-0.1, -0.05) is 12.1 Å². The van der Waals surface area contributed by atoms with Gasteiger partial charge in [-0.15, -0.1) is 0 Å². The van der Waals surface area contributed by atoms with Crippen molar-refractivity contribution in [3.8, 4) is 0 Å². The van der Waals surface area contributed by atoms with E-state index in [1.807, 2.05) is 0 Å². The second kappa shape index (κ2) is 3.80. The Kier molecular flexibility index (Phi) is 2.32. The summed E-state index contributed by atoms with van der Waals surface area (Å²) in [7, 11) is 0. The van der Waals surface area contributed by atoms with Crippen molar-refractivity contribution in [2.45, 2.75) is 31.8 Å². The minimum absolute atomic E-state index is 0.199. The van der Waals surface area contributed by atoms with Crippen molar-refractivity contribution in [3.05, 3.63) is 35.6 Å². The maximum atomic E-state index is 12.8. The summed E-state index contributed by atoms with van der Waals surface area (Å²) in [6.45, 7) is 0. The van der Waals surface area contributed by atoms with Crippen LogP contribution in [-0.2, 0) is 6.42 Å². The van der Waals surface area contributed by atoms with Gasteiger partial charge in [0.15, 0.2) is 0 Å². The third-order valence-electron chi connectivity index (χ3n) is 5.60. The Hall–Kier alpha value is -0.890. The average molecular weight is 246 g/mol.